The summed E-state index contributed by atoms with van der Waals surface area (Å²) >= 11 is 0. The molecule has 0 radical (unpaired) electrons. The molecule has 2 aromatic rings. The zero-order valence-corrected chi connectivity index (χ0v) is 24.5. The summed E-state index contributed by atoms with van der Waals surface area (Å²) < 4.78 is 44.0. The van der Waals surface area contributed by atoms with Crippen molar-refractivity contribution in [2.24, 2.45) is 9.36 Å². The monoisotopic (exact) mass is 574 g/mol. The molecule has 3 atom stereocenters. The average Bonchev–Trinajstić information content (AvgIpc) is 3.28. The summed E-state index contributed by atoms with van der Waals surface area (Å²) in [6, 6.07) is 4.08. The maximum Gasteiger partial charge on any atom is 0.413 e. The van der Waals surface area contributed by atoms with Crippen molar-refractivity contribution in [3.8, 4) is 5.88 Å². The van der Waals surface area contributed by atoms with Gasteiger partial charge in [-0.2, -0.15) is 0 Å². The zero-order chi connectivity index (χ0) is 29.5. The SMILES string of the molecule is CCOc1cnc(C(=O)Nc2ccc(F)c([C@@]3(C)N=C(NC(=O)OC(C)(C)C)C(C)(C)[S@@]4(=O)=NCC[C@@H]34)c2)cn1. The number of nitrogens with one attached hydrogen (secondary N) is 2. The van der Waals surface area contributed by atoms with Gasteiger partial charge in [0.25, 0.3) is 5.91 Å². The summed E-state index contributed by atoms with van der Waals surface area (Å²) in [7, 11) is -3.03. The van der Waals surface area contributed by atoms with Gasteiger partial charge in [0.2, 0.25) is 5.88 Å². The molecule has 0 unspecified atom stereocenters. The van der Waals surface area contributed by atoms with Gasteiger partial charge < -0.3 is 14.8 Å². The van der Waals surface area contributed by atoms with E-state index in [9.17, 15) is 13.8 Å². The fourth-order valence-corrected chi connectivity index (χ4v) is 8.09. The van der Waals surface area contributed by atoms with Crippen LogP contribution in [0.4, 0.5) is 14.9 Å². The Morgan fingerprint density at radius 1 is 1.15 bits per heavy atom. The number of nitrogens with zero attached hydrogens (tertiary/aromatic N) is 4. The first-order chi connectivity index (χ1) is 18.6. The number of hydrogen-bond donors (Lipinski definition) is 2. The van der Waals surface area contributed by atoms with Crippen LogP contribution in [0.5, 0.6) is 5.88 Å². The molecule has 11 nitrogen and oxygen atoms in total. The standard InChI is InChI=1S/C27H35FN6O5S/c1-8-38-21-15-29-19(14-30-21)22(35)32-16-9-10-18(28)17(13-16)27(7)20-11-12-31-40(20,37)26(5,6)23(34-27)33-24(36)39-25(2,3)4/h9-10,13-15,20H,8,11-12H2,1-7H3,(H,32,35)(H,33,34,36)/t20-,27+,40+/m0/s1. The zero-order valence-electron chi connectivity index (χ0n) is 23.7. The highest BCUT2D eigenvalue weighted by atomic mass is 32.2. The number of aliphatic imine (C=N–C) groups is 1. The van der Waals surface area contributed by atoms with Crippen LogP contribution in [0.2, 0.25) is 0 Å². The van der Waals surface area contributed by atoms with Crippen LogP contribution in [0.15, 0.2) is 39.9 Å². The first-order valence-electron chi connectivity index (χ1n) is 13.0. The van der Waals surface area contributed by atoms with Crippen LogP contribution in [0, 0.1) is 5.82 Å². The van der Waals surface area contributed by atoms with Crippen molar-refractivity contribution in [3.05, 3.63) is 47.7 Å². The van der Waals surface area contributed by atoms with Crippen molar-refractivity contribution in [1.29, 1.82) is 0 Å². The second-order valence-corrected chi connectivity index (χ2v) is 14.3. The summed E-state index contributed by atoms with van der Waals surface area (Å²) in [6.07, 6.45) is 2.27. The van der Waals surface area contributed by atoms with Crippen LogP contribution in [-0.4, -0.2) is 60.8 Å². The van der Waals surface area contributed by atoms with E-state index in [0.29, 0.717) is 19.6 Å². The second kappa shape index (κ2) is 10.4. The lowest BCUT2D eigenvalue weighted by atomic mass is 9.85. The summed E-state index contributed by atoms with van der Waals surface area (Å²) in [5.41, 5.74) is -1.72. The molecule has 0 aliphatic carbocycles. The molecule has 2 amide bonds. The number of rotatable bonds is 5. The average molecular weight is 575 g/mol. The van der Waals surface area contributed by atoms with E-state index in [1.54, 1.807) is 48.5 Å². The fraction of sp³-hybridized carbons (Fsp3) is 0.519. The lowest BCUT2D eigenvalue weighted by Crippen LogP contribution is -2.60. The molecule has 1 aromatic carbocycles. The third kappa shape index (κ3) is 5.38. The van der Waals surface area contributed by atoms with Crippen molar-refractivity contribution >= 4 is 33.3 Å². The lowest BCUT2D eigenvalue weighted by molar-refractivity contribution is 0.0560. The Hall–Kier alpha value is -3.61. The Kier molecular flexibility index (Phi) is 7.65. The fourth-order valence-electron chi connectivity index (χ4n) is 4.90. The van der Waals surface area contributed by atoms with Crippen molar-refractivity contribution in [1.82, 2.24) is 15.3 Å². The van der Waals surface area contributed by atoms with Gasteiger partial charge in [-0.1, -0.05) is 0 Å². The number of ether oxygens (including phenoxy) is 2. The van der Waals surface area contributed by atoms with Crippen molar-refractivity contribution < 1.29 is 27.7 Å². The summed E-state index contributed by atoms with van der Waals surface area (Å²) in [6.45, 7) is 12.8. The highest BCUT2D eigenvalue weighted by Crippen LogP contribution is 2.48. The molecule has 2 aliphatic heterocycles. The topological polar surface area (TPSA) is 144 Å². The first kappa shape index (κ1) is 29.4. The van der Waals surface area contributed by atoms with Crippen molar-refractivity contribution in [2.75, 3.05) is 18.5 Å². The van der Waals surface area contributed by atoms with Crippen molar-refractivity contribution in [2.45, 2.75) is 76.0 Å². The number of amides is 2. The van der Waals surface area contributed by atoms with E-state index >= 15 is 4.39 Å². The molecule has 13 heteroatoms. The molecule has 0 saturated carbocycles. The van der Waals surface area contributed by atoms with Gasteiger partial charge in [-0.15, -0.1) is 0 Å². The normalized spacial score (nSPS) is 25.2. The predicted octanol–water partition coefficient (Wildman–Crippen LogP) is 4.44. The van der Waals surface area contributed by atoms with Crippen molar-refractivity contribution in [3.63, 3.8) is 0 Å². The molecule has 0 saturated heterocycles. The summed E-state index contributed by atoms with van der Waals surface area (Å²) in [5, 5.41) is 4.73. The number of fused-ring (bicyclic) bond motifs is 1. The predicted molar refractivity (Wildman–Crippen MR) is 150 cm³/mol. The third-order valence-electron chi connectivity index (χ3n) is 6.87. The Balaban J connectivity index is 1.73. The maximum absolute atomic E-state index is 15.5. The molecule has 40 heavy (non-hydrogen) atoms. The molecular weight excluding hydrogens is 539 g/mol. The smallest absolute Gasteiger partial charge is 0.413 e. The molecule has 0 spiro atoms. The minimum absolute atomic E-state index is 0.0411. The van der Waals surface area contributed by atoms with Gasteiger partial charge in [-0.3, -0.25) is 15.1 Å². The van der Waals surface area contributed by atoms with Gasteiger partial charge in [0.15, 0.2) is 0 Å². The molecule has 1 aromatic heterocycles. The molecule has 2 aliphatic rings. The van der Waals surface area contributed by atoms with Crippen LogP contribution >= 0.6 is 0 Å². The van der Waals surface area contributed by atoms with E-state index in [1.807, 2.05) is 0 Å². The number of hydrogen-bond acceptors (Lipinski definition) is 9. The Labute approximate surface area is 233 Å². The van der Waals surface area contributed by atoms with E-state index in [0.717, 1.165) is 0 Å². The first-order valence-corrected chi connectivity index (χ1v) is 14.6. The largest absolute Gasteiger partial charge is 0.477 e. The molecule has 2 N–H and O–H groups in total. The van der Waals surface area contributed by atoms with E-state index in [4.69, 9.17) is 14.5 Å². The van der Waals surface area contributed by atoms with Crippen LogP contribution in [0.1, 0.15) is 70.9 Å². The number of carbonyl (C=O) groups is 2. The Morgan fingerprint density at radius 2 is 1.88 bits per heavy atom. The molecular formula is C27H35FN6O5S. The summed E-state index contributed by atoms with van der Waals surface area (Å²) in [5.74, 6) is -0.779. The van der Waals surface area contributed by atoms with Gasteiger partial charge in [-0.05, 0) is 73.1 Å². The second-order valence-electron chi connectivity index (χ2n) is 11.3. The Morgan fingerprint density at radius 3 is 2.50 bits per heavy atom. The number of anilines is 1. The number of alkyl carbamates (subject to hydrolysis) is 1. The number of benzene rings is 1. The third-order valence-corrected chi connectivity index (χ3v) is 10.6. The highest BCUT2D eigenvalue weighted by Gasteiger charge is 2.57. The molecule has 3 heterocycles. The van der Waals surface area contributed by atoms with Crippen LogP contribution in [0.3, 0.4) is 0 Å². The molecule has 4 rings (SSSR count). The van der Waals surface area contributed by atoms with E-state index in [2.05, 4.69) is 25.0 Å². The quantitative estimate of drug-likeness (QED) is 0.537. The molecule has 0 fully saturated rings. The van der Waals surface area contributed by atoms with Gasteiger partial charge in [-0.25, -0.2) is 27.7 Å². The van der Waals surface area contributed by atoms with Crippen LogP contribution < -0.4 is 15.4 Å². The van der Waals surface area contributed by atoms with Crippen LogP contribution in [0.25, 0.3) is 0 Å². The minimum atomic E-state index is -3.03. The number of aromatic nitrogens is 2. The number of carbonyl (C=O) groups excluding carboxylic acids is 2. The minimum Gasteiger partial charge on any atom is -0.477 e. The van der Waals surface area contributed by atoms with Gasteiger partial charge in [0.05, 0.1) is 34.0 Å². The van der Waals surface area contributed by atoms with Gasteiger partial charge in [0.1, 0.15) is 33.2 Å². The van der Waals surface area contributed by atoms with Gasteiger partial charge in [0, 0.05) is 17.8 Å². The Bertz CT molecular complexity index is 1480. The number of halogens is 1. The molecule has 0 bridgehead atoms. The van der Waals surface area contributed by atoms with E-state index < -0.39 is 48.7 Å². The van der Waals surface area contributed by atoms with Crippen LogP contribution in [-0.2, 0) is 20.0 Å². The molecule has 216 valence electrons. The maximum atomic E-state index is 15.5. The van der Waals surface area contributed by atoms with E-state index in [-0.39, 0.29) is 28.7 Å². The summed E-state index contributed by atoms with van der Waals surface area (Å²) in [4.78, 5) is 38.5. The number of amidine groups is 1. The highest BCUT2D eigenvalue weighted by molar-refractivity contribution is 7.96. The van der Waals surface area contributed by atoms with Gasteiger partial charge >= 0.3 is 6.09 Å². The lowest BCUT2D eigenvalue weighted by Gasteiger charge is -2.45. The van der Waals surface area contributed by atoms with E-state index in [1.165, 1.54) is 30.6 Å².